The van der Waals surface area contributed by atoms with Crippen LogP contribution in [-0.2, 0) is 9.59 Å². The average molecular weight is 274 g/mol. The number of hydrogen-bond donors (Lipinski definition) is 2. The quantitative estimate of drug-likeness (QED) is 0.873. The third-order valence-corrected chi connectivity index (χ3v) is 3.39. The van der Waals surface area contributed by atoms with Crippen molar-refractivity contribution >= 4 is 17.7 Å². The molecule has 104 valence electrons. The van der Waals surface area contributed by atoms with Crippen LogP contribution in [0.3, 0.4) is 0 Å². The highest BCUT2D eigenvalue weighted by Crippen LogP contribution is 2.38. The van der Waals surface area contributed by atoms with E-state index in [-0.39, 0.29) is 5.57 Å². The zero-order chi connectivity index (χ0) is 14.9. The van der Waals surface area contributed by atoms with E-state index in [0.717, 1.165) is 0 Å². The van der Waals surface area contributed by atoms with Gasteiger partial charge in [-0.05, 0) is 31.5 Å². The fourth-order valence-electron chi connectivity index (χ4n) is 2.57. The minimum Gasteiger partial charge on any atom is -0.481 e. The lowest BCUT2D eigenvalue weighted by Crippen LogP contribution is -2.34. The molecule has 0 spiro atoms. The lowest BCUT2D eigenvalue weighted by Gasteiger charge is -2.29. The van der Waals surface area contributed by atoms with Crippen LogP contribution in [0.15, 0.2) is 40.8 Å². The zero-order valence-electron chi connectivity index (χ0n) is 11.1. The Morgan fingerprint density at radius 2 is 1.75 bits per heavy atom. The van der Waals surface area contributed by atoms with E-state index >= 15 is 0 Å². The Balaban J connectivity index is 2.65. The maximum atomic E-state index is 11.5. The maximum Gasteiger partial charge on any atom is 0.334 e. The van der Waals surface area contributed by atoms with Crippen molar-refractivity contribution < 1.29 is 19.8 Å². The molecule has 6 heteroatoms. The summed E-state index contributed by atoms with van der Waals surface area (Å²) < 4.78 is 0. The van der Waals surface area contributed by atoms with Gasteiger partial charge in [0, 0.05) is 29.7 Å². The van der Waals surface area contributed by atoms with E-state index in [2.05, 4.69) is 9.98 Å². The summed E-state index contributed by atoms with van der Waals surface area (Å²) in [6, 6.07) is 3.27. The predicted molar refractivity (Wildman–Crippen MR) is 71.5 cm³/mol. The molecule has 0 radical (unpaired) electrons. The minimum absolute atomic E-state index is 0.0224. The van der Waals surface area contributed by atoms with Gasteiger partial charge in [-0.15, -0.1) is 0 Å². The molecular formula is C14H14N2O4. The van der Waals surface area contributed by atoms with Crippen molar-refractivity contribution in [1.29, 1.82) is 0 Å². The summed E-state index contributed by atoms with van der Waals surface area (Å²) in [6.45, 7) is 3.19. The van der Waals surface area contributed by atoms with Crippen LogP contribution in [0.5, 0.6) is 0 Å². The number of aliphatic carboxylic acids is 2. The maximum absolute atomic E-state index is 11.5. The summed E-state index contributed by atoms with van der Waals surface area (Å²) in [4.78, 5) is 31.0. The first-order valence-corrected chi connectivity index (χ1v) is 6.05. The molecule has 1 aromatic heterocycles. The topological polar surface area (TPSA) is 99.9 Å². The molecule has 0 saturated heterocycles. The molecule has 0 fully saturated rings. The lowest BCUT2D eigenvalue weighted by atomic mass is 9.76. The molecule has 2 heterocycles. The molecule has 2 N–H and O–H groups in total. The third-order valence-electron chi connectivity index (χ3n) is 3.39. The Kier molecular flexibility index (Phi) is 3.65. The first-order chi connectivity index (χ1) is 9.43. The van der Waals surface area contributed by atoms with Crippen molar-refractivity contribution in [2.75, 3.05) is 0 Å². The summed E-state index contributed by atoms with van der Waals surface area (Å²) in [6.07, 6.45) is 3.04. The van der Waals surface area contributed by atoms with Crippen molar-refractivity contribution in [3.63, 3.8) is 0 Å². The first kappa shape index (κ1) is 13.9. The summed E-state index contributed by atoms with van der Waals surface area (Å²) in [5, 5.41) is 18.8. The van der Waals surface area contributed by atoms with E-state index in [1.165, 1.54) is 12.4 Å². The van der Waals surface area contributed by atoms with E-state index in [4.69, 9.17) is 0 Å². The van der Waals surface area contributed by atoms with Gasteiger partial charge in [0.15, 0.2) is 0 Å². The van der Waals surface area contributed by atoms with Crippen molar-refractivity contribution in [3.05, 3.63) is 41.4 Å². The van der Waals surface area contributed by atoms with E-state index < -0.39 is 23.8 Å². The zero-order valence-corrected chi connectivity index (χ0v) is 11.1. The molecule has 2 atom stereocenters. The molecule has 1 aliphatic rings. The molecule has 0 aliphatic carbocycles. The molecule has 2 unspecified atom stereocenters. The van der Waals surface area contributed by atoms with Gasteiger partial charge in [0.1, 0.15) is 5.92 Å². The van der Waals surface area contributed by atoms with Gasteiger partial charge in [-0.25, -0.2) is 4.79 Å². The van der Waals surface area contributed by atoms with Gasteiger partial charge in [0.2, 0.25) is 0 Å². The Morgan fingerprint density at radius 3 is 2.25 bits per heavy atom. The molecule has 0 aromatic carbocycles. The Hall–Kier alpha value is -2.50. The predicted octanol–water partition coefficient (Wildman–Crippen LogP) is 1.70. The van der Waals surface area contributed by atoms with Crippen LogP contribution in [0, 0.1) is 5.92 Å². The number of aliphatic imine (C=N–C) groups is 1. The summed E-state index contributed by atoms with van der Waals surface area (Å²) in [7, 11) is 0. The van der Waals surface area contributed by atoms with E-state index in [1.54, 1.807) is 26.0 Å². The number of nitrogens with zero attached hydrogens (tertiary/aromatic N) is 2. The van der Waals surface area contributed by atoms with Crippen LogP contribution >= 0.6 is 0 Å². The number of carboxylic acid groups (broad SMARTS) is 2. The van der Waals surface area contributed by atoms with Crippen LogP contribution in [0.25, 0.3) is 0 Å². The van der Waals surface area contributed by atoms with Crippen LogP contribution in [0.1, 0.15) is 25.3 Å². The normalized spacial score (nSPS) is 22.4. The number of aromatic nitrogens is 1. The molecule has 20 heavy (non-hydrogen) atoms. The lowest BCUT2D eigenvalue weighted by molar-refractivity contribution is -0.140. The molecule has 0 saturated carbocycles. The molecule has 2 rings (SSSR count). The smallest absolute Gasteiger partial charge is 0.334 e. The fraction of sp³-hybridized carbons (Fsp3) is 0.286. The Labute approximate surface area is 115 Å². The van der Waals surface area contributed by atoms with Gasteiger partial charge in [0.25, 0.3) is 0 Å². The van der Waals surface area contributed by atoms with Crippen LogP contribution < -0.4 is 0 Å². The molecule has 1 aromatic rings. The Bertz CT molecular complexity index is 619. The van der Waals surface area contributed by atoms with E-state index in [9.17, 15) is 19.8 Å². The standard InChI is InChI=1S/C14H14N2O4/c1-7-10(13(17)18)12(9-3-5-15-6-4-9)11(14(19)20)8(2)16-7/h3-6,10,12H,1-2H3,(H,17,18)(H,19,20). The van der Waals surface area contributed by atoms with Crippen LogP contribution in [-0.4, -0.2) is 32.8 Å². The molecule has 6 nitrogen and oxygen atoms in total. The number of hydrogen-bond acceptors (Lipinski definition) is 4. The van der Waals surface area contributed by atoms with Gasteiger partial charge in [-0.3, -0.25) is 14.8 Å². The van der Waals surface area contributed by atoms with Gasteiger partial charge >= 0.3 is 11.9 Å². The van der Waals surface area contributed by atoms with Crippen LogP contribution in [0.2, 0.25) is 0 Å². The number of carbonyl (C=O) groups is 2. The molecule has 0 amide bonds. The van der Waals surface area contributed by atoms with Crippen molar-refractivity contribution in [2.45, 2.75) is 19.8 Å². The van der Waals surface area contributed by atoms with Crippen molar-refractivity contribution in [2.24, 2.45) is 10.9 Å². The monoisotopic (exact) mass is 274 g/mol. The number of allylic oxidation sites excluding steroid dienone is 1. The van der Waals surface area contributed by atoms with Gasteiger partial charge < -0.3 is 10.2 Å². The molecule has 1 aliphatic heterocycles. The van der Waals surface area contributed by atoms with Gasteiger partial charge in [-0.1, -0.05) is 0 Å². The largest absolute Gasteiger partial charge is 0.481 e. The molecular weight excluding hydrogens is 260 g/mol. The fourth-order valence-corrected chi connectivity index (χ4v) is 2.57. The second kappa shape index (κ2) is 5.24. The highest BCUT2D eigenvalue weighted by Gasteiger charge is 2.40. The van der Waals surface area contributed by atoms with Crippen molar-refractivity contribution in [1.82, 2.24) is 4.98 Å². The summed E-state index contributed by atoms with van der Waals surface area (Å²) in [5.74, 6) is -3.97. The molecule has 0 bridgehead atoms. The highest BCUT2D eigenvalue weighted by molar-refractivity contribution is 6.06. The number of carboxylic acids is 2. The second-order valence-electron chi connectivity index (χ2n) is 4.63. The SMILES string of the molecule is CC1=NC(C)=C(C(=O)O)C(c2ccncc2)C1C(=O)O. The van der Waals surface area contributed by atoms with E-state index in [0.29, 0.717) is 17.0 Å². The summed E-state index contributed by atoms with van der Waals surface area (Å²) in [5.41, 5.74) is 1.38. The average Bonchev–Trinajstić information content (AvgIpc) is 2.37. The second-order valence-corrected chi connectivity index (χ2v) is 4.63. The highest BCUT2D eigenvalue weighted by atomic mass is 16.4. The first-order valence-electron chi connectivity index (χ1n) is 6.05. The Morgan fingerprint density at radius 1 is 1.15 bits per heavy atom. The third kappa shape index (κ3) is 2.32. The van der Waals surface area contributed by atoms with Crippen molar-refractivity contribution in [3.8, 4) is 0 Å². The van der Waals surface area contributed by atoms with Gasteiger partial charge in [0.05, 0.1) is 5.57 Å². The van der Waals surface area contributed by atoms with Crippen LogP contribution in [0.4, 0.5) is 0 Å². The minimum atomic E-state index is -1.15. The number of rotatable bonds is 3. The summed E-state index contributed by atoms with van der Waals surface area (Å²) >= 11 is 0. The van der Waals surface area contributed by atoms with E-state index in [1.807, 2.05) is 0 Å². The number of pyridine rings is 1. The van der Waals surface area contributed by atoms with Gasteiger partial charge in [-0.2, -0.15) is 0 Å².